The number of nitrogens with one attached hydrogen (secondary N) is 1. The van der Waals surface area contributed by atoms with Gasteiger partial charge in [0.25, 0.3) is 5.92 Å². The molecule has 0 amide bonds. The SMILES string of the molecule is Cl.O=C(O)CC[C@@H]1CCC(F)(F)CN1. The van der Waals surface area contributed by atoms with Gasteiger partial charge in [-0.25, -0.2) is 8.78 Å². The van der Waals surface area contributed by atoms with Crippen LogP contribution in [0.4, 0.5) is 8.78 Å². The van der Waals surface area contributed by atoms with Gasteiger partial charge in [-0.2, -0.15) is 0 Å². The first kappa shape index (κ1) is 13.6. The third-order valence-electron chi connectivity index (χ3n) is 2.21. The largest absolute Gasteiger partial charge is 0.481 e. The number of hydrogen-bond donors (Lipinski definition) is 2. The van der Waals surface area contributed by atoms with Gasteiger partial charge in [0.1, 0.15) is 0 Å². The van der Waals surface area contributed by atoms with Crippen molar-refractivity contribution in [1.82, 2.24) is 5.32 Å². The lowest BCUT2D eigenvalue weighted by atomic mass is 9.98. The molecule has 0 spiro atoms. The number of alkyl halides is 2. The second-order valence-electron chi connectivity index (χ2n) is 3.40. The van der Waals surface area contributed by atoms with Crippen LogP contribution in [0.1, 0.15) is 25.7 Å². The summed E-state index contributed by atoms with van der Waals surface area (Å²) < 4.78 is 25.2. The van der Waals surface area contributed by atoms with E-state index in [-0.39, 0.29) is 37.8 Å². The van der Waals surface area contributed by atoms with Crippen LogP contribution < -0.4 is 5.32 Å². The third kappa shape index (κ3) is 4.72. The number of carbonyl (C=O) groups is 1. The fourth-order valence-corrected chi connectivity index (χ4v) is 1.41. The first-order chi connectivity index (χ1) is 5.99. The minimum Gasteiger partial charge on any atom is -0.481 e. The van der Waals surface area contributed by atoms with Crippen LogP contribution in [0.2, 0.25) is 0 Å². The smallest absolute Gasteiger partial charge is 0.303 e. The summed E-state index contributed by atoms with van der Waals surface area (Å²) in [4.78, 5) is 10.2. The van der Waals surface area contributed by atoms with Crippen molar-refractivity contribution >= 4 is 18.4 Å². The molecule has 1 atom stereocenters. The van der Waals surface area contributed by atoms with Gasteiger partial charge < -0.3 is 10.4 Å². The summed E-state index contributed by atoms with van der Waals surface area (Å²) in [6.07, 6.45) is 0.708. The van der Waals surface area contributed by atoms with Crippen LogP contribution in [0, 0.1) is 0 Å². The van der Waals surface area contributed by atoms with E-state index in [9.17, 15) is 13.6 Å². The van der Waals surface area contributed by atoms with E-state index in [4.69, 9.17) is 5.11 Å². The van der Waals surface area contributed by atoms with Crippen LogP contribution in [0.5, 0.6) is 0 Å². The van der Waals surface area contributed by atoms with Gasteiger partial charge in [0, 0.05) is 18.9 Å². The number of carboxylic acid groups (broad SMARTS) is 1. The van der Waals surface area contributed by atoms with Crippen LogP contribution in [0.3, 0.4) is 0 Å². The van der Waals surface area contributed by atoms with Crippen molar-refractivity contribution in [3.8, 4) is 0 Å². The minimum atomic E-state index is -2.61. The molecule has 0 saturated carbocycles. The Hall–Kier alpha value is -0.420. The number of hydrogen-bond acceptors (Lipinski definition) is 2. The van der Waals surface area contributed by atoms with Gasteiger partial charge in [-0.15, -0.1) is 12.4 Å². The molecule has 0 aromatic rings. The molecule has 0 aromatic heterocycles. The Balaban J connectivity index is 0.00000169. The summed E-state index contributed by atoms with van der Waals surface area (Å²) in [6, 6.07) is -0.0595. The molecule has 3 nitrogen and oxygen atoms in total. The predicted octanol–water partition coefficient (Wildman–Crippen LogP) is 1.66. The van der Waals surface area contributed by atoms with E-state index >= 15 is 0 Å². The van der Waals surface area contributed by atoms with Gasteiger partial charge in [-0.1, -0.05) is 0 Å². The zero-order valence-electron chi connectivity index (χ0n) is 7.63. The molecule has 1 heterocycles. The lowest BCUT2D eigenvalue weighted by Gasteiger charge is -2.29. The van der Waals surface area contributed by atoms with Crippen LogP contribution in [-0.2, 0) is 4.79 Å². The van der Waals surface area contributed by atoms with Gasteiger partial charge in [0.2, 0.25) is 0 Å². The molecule has 0 aliphatic carbocycles. The van der Waals surface area contributed by atoms with Gasteiger partial charge in [0.05, 0.1) is 6.54 Å². The van der Waals surface area contributed by atoms with E-state index < -0.39 is 11.9 Å². The monoisotopic (exact) mass is 229 g/mol. The van der Waals surface area contributed by atoms with Crippen molar-refractivity contribution in [3.05, 3.63) is 0 Å². The van der Waals surface area contributed by atoms with Crippen LogP contribution >= 0.6 is 12.4 Å². The molecular formula is C8H14ClF2NO2. The summed E-state index contributed by atoms with van der Waals surface area (Å²) in [5, 5.41) is 11.0. The number of carboxylic acids is 1. The Morgan fingerprint density at radius 2 is 2.21 bits per heavy atom. The Morgan fingerprint density at radius 1 is 1.57 bits per heavy atom. The zero-order valence-corrected chi connectivity index (χ0v) is 8.45. The highest BCUT2D eigenvalue weighted by molar-refractivity contribution is 5.85. The Morgan fingerprint density at radius 3 is 2.64 bits per heavy atom. The molecule has 1 aliphatic rings. The normalized spacial score (nSPS) is 25.1. The standard InChI is InChI=1S/C8H13F2NO2.ClH/c9-8(10)4-3-6(11-5-8)1-2-7(12)13;/h6,11H,1-5H2,(H,12,13);1H/t6-;/m1./s1. The molecule has 0 radical (unpaired) electrons. The van der Waals surface area contributed by atoms with E-state index in [2.05, 4.69) is 5.32 Å². The molecular weight excluding hydrogens is 216 g/mol. The molecule has 2 N–H and O–H groups in total. The quantitative estimate of drug-likeness (QED) is 0.774. The van der Waals surface area contributed by atoms with E-state index in [1.54, 1.807) is 0 Å². The molecule has 1 aliphatic heterocycles. The maximum Gasteiger partial charge on any atom is 0.303 e. The highest BCUT2D eigenvalue weighted by Gasteiger charge is 2.34. The second-order valence-corrected chi connectivity index (χ2v) is 3.40. The van der Waals surface area contributed by atoms with Crippen molar-refractivity contribution in [2.45, 2.75) is 37.6 Å². The highest BCUT2D eigenvalue weighted by atomic mass is 35.5. The number of rotatable bonds is 3. The van der Waals surface area contributed by atoms with Gasteiger partial charge in [0.15, 0.2) is 0 Å². The lowest BCUT2D eigenvalue weighted by molar-refractivity contribution is -0.137. The van der Waals surface area contributed by atoms with Gasteiger partial charge in [-0.3, -0.25) is 4.79 Å². The fourth-order valence-electron chi connectivity index (χ4n) is 1.41. The summed E-state index contributed by atoms with van der Waals surface area (Å²) in [5.74, 6) is -3.49. The van der Waals surface area contributed by atoms with Crippen LogP contribution in [0.15, 0.2) is 0 Å². The average molecular weight is 230 g/mol. The van der Waals surface area contributed by atoms with Crippen molar-refractivity contribution in [3.63, 3.8) is 0 Å². The topological polar surface area (TPSA) is 49.3 Å². The average Bonchev–Trinajstić information content (AvgIpc) is 2.02. The zero-order chi connectivity index (χ0) is 9.90. The first-order valence-corrected chi connectivity index (χ1v) is 4.33. The van der Waals surface area contributed by atoms with E-state index in [0.29, 0.717) is 12.8 Å². The number of piperidine rings is 1. The number of halogens is 3. The maximum absolute atomic E-state index is 12.6. The Kier molecular flexibility index (Phi) is 5.29. The minimum absolute atomic E-state index is 0. The van der Waals surface area contributed by atoms with Crippen molar-refractivity contribution in [2.24, 2.45) is 0 Å². The third-order valence-corrected chi connectivity index (χ3v) is 2.21. The lowest BCUT2D eigenvalue weighted by Crippen LogP contribution is -2.45. The molecule has 0 unspecified atom stereocenters. The maximum atomic E-state index is 12.6. The molecule has 1 rings (SSSR count). The Labute approximate surface area is 87.3 Å². The summed E-state index contributed by atoms with van der Waals surface area (Å²) >= 11 is 0. The van der Waals surface area contributed by atoms with E-state index in [1.807, 2.05) is 0 Å². The molecule has 1 saturated heterocycles. The van der Waals surface area contributed by atoms with Gasteiger partial charge in [-0.05, 0) is 12.8 Å². The number of aliphatic carboxylic acids is 1. The fraction of sp³-hybridized carbons (Fsp3) is 0.875. The van der Waals surface area contributed by atoms with E-state index in [0.717, 1.165) is 0 Å². The van der Waals surface area contributed by atoms with Crippen LogP contribution in [0.25, 0.3) is 0 Å². The molecule has 0 aromatic carbocycles. The van der Waals surface area contributed by atoms with Gasteiger partial charge >= 0.3 is 5.97 Å². The highest BCUT2D eigenvalue weighted by Crippen LogP contribution is 2.25. The van der Waals surface area contributed by atoms with Crippen molar-refractivity contribution < 1.29 is 18.7 Å². The van der Waals surface area contributed by atoms with Crippen molar-refractivity contribution in [2.75, 3.05) is 6.54 Å². The molecule has 0 bridgehead atoms. The molecule has 14 heavy (non-hydrogen) atoms. The predicted molar refractivity (Wildman–Crippen MR) is 50.1 cm³/mol. The van der Waals surface area contributed by atoms with E-state index in [1.165, 1.54) is 0 Å². The van der Waals surface area contributed by atoms with Crippen molar-refractivity contribution in [1.29, 1.82) is 0 Å². The molecule has 84 valence electrons. The summed E-state index contributed by atoms with van der Waals surface area (Å²) in [6.45, 7) is -0.322. The first-order valence-electron chi connectivity index (χ1n) is 4.33. The molecule has 6 heteroatoms. The summed E-state index contributed by atoms with van der Waals surface area (Å²) in [5.41, 5.74) is 0. The Bertz CT molecular complexity index is 192. The molecule has 1 fully saturated rings. The van der Waals surface area contributed by atoms with Crippen LogP contribution in [-0.4, -0.2) is 29.6 Å². The second kappa shape index (κ2) is 5.46. The summed E-state index contributed by atoms with van der Waals surface area (Å²) in [7, 11) is 0.